The second-order valence-corrected chi connectivity index (χ2v) is 6.88. The zero-order valence-electron chi connectivity index (χ0n) is 11.0. The molecular formula is C11H15N5O3S. The van der Waals surface area contributed by atoms with Crippen molar-refractivity contribution >= 4 is 27.6 Å². The summed E-state index contributed by atoms with van der Waals surface area (Å²) in [7, 11) is -3.14. The van der Waals surface area contributed by atoms with E-state index in [-0.39, 0.29) is 12.3 Å². The van der Waals surface area contributed by atoms with Gasteiger partial charge in [0.25, 0.3) is 0 Å². The molecule has 3 heterocycles. The molecule has 2 aliphatic rings. The number of hydrogen-bond acceptors (Lipinski definition) is 6. The molecule has 1 aromatic heterocycles. The van der Waals surface area contributed by atoms with Crippen LogP contribution in [0.15, 0.2) is 6.33 Å². The second-order valence-electron chi connectivity index (χ2n) is 4.90. The zero-order chi connectivity index (χ0) is 14.3. The van der Waals surface area contributed by atoms with Crippen molar-refractivity contribution < 1.29 is 13.2 Å². The summed E-state index contributed by atoms with van der Waals surface area (Å²) in [6.07, 6.45) is 2.91. The monoisotopic (exact) mass is 297 g/mol. The van der Waals surface area contributed by atoms with Crippen molar-refractivity contribution in [2.75, 3.05) is 42.7 Å². The van der Waals surface area contributed by atoms with E-state index in [4.69, 9.17) is 0 Å². The fraction of sp³-hybridized carbons (Fsp3) is 0.545. The number of fused-ring (bicyclic) bond motifs is 1. The van der Waals surface area contributed by atoms with Gasteiger partial charge >= 0.3 is 0 Å². The molecule has 2 aliphatic heterocycles. The normalized spacial score (nSPS) is 19.9. The third kappa shape index (κ3) is 2.34. The number of sulfonamides is 1. The first-order chi connectivity index (χ1) is 9.45. The van der Waals surface area contributed by atoms with Crippen molar-refractivity contribution in [2.24, 2.45) is 0 Å². The molecule has 1 aromatic rings. The third-order valence-corrected chi connectivity index (χ3v) is 4.83. The van der Waals surface area contributed by atoms with Crippen molar-refractivity contribution in [1.29, 1.82) is 0 Å². The van der Waals surface area contributed by atoms with Gasteiger partial charge in [-0.05, 0) is 0 Å². The quantitative estimate of drug-likeness (QED) is 0.756. The Morgan fingerprint density at radius 1 is 1.20 bits per heavy atom. The number of nitrogens with one attached hydrogen (secondary N) is 1. The van der Waals surface area contributed by atoms with E-state index >= 15 is 0 Å². The summed E-state index contributed by atoms with van der Waals surface area (Å²) in [5.74, 6) is 1.20. The van der Waals surface area contributed by atoms with E-state index < -0.39 is 10.0 Å². The molecule has 8 nitrogen and oxygen atoms in total. The molecular weight excluding hydrogens is 282 g/mol. The van der Waals surface area contributed by atoms with Gasteiger partial charge in [0.05, 0.1) is 12.7 Å². The summed E-state index contributed by atoms with van der Waals surface area (Å²) in [4.78, 5) is 21.7. The first-order valence-corrected chi connectivity index (χ1v) is 8.14. The molecule has 0 radical (unpaired) electrons. The topological polar surface area (TPSA) is 95.5 Å². The molecule has 108 valence electrons. The highest BCUT2D eigenvalue weighted by Crippen LogP contribution is 2.29. The van der Waals surface area contributed by atoms with Gasteiger partial charge in [0, 0.05) is 31.7 Å². The lowest BCUT2D eigenvalue weighted by Crippen LogP contribution is -2.48. The second kappa shape index (κ2) is 4.67. The van der Waals surface area contributed by atoms with Gasteiger partial charge in [0.1, 0.15) is 18.0 Å². The van der Waals surface area contributed by atoms with Gasteiger partial charge in [-0.1, -0.05) is 0 Å². The number of carbonyl (C=O) groups is 1. The highest BCUT2D eigenvalue weighted by atomic mass is 32.2. The van der Waals surface area contributed by atoms with Crippen LogP contribution in [0.3, 0.4) is 0 Å². The average Bonchev–Trinajstić information content (AvgIpc) is 2.78. The highest BCUT2D eigenvalue weighted by molar-refractivity contribution is 7.88. The average molecular weight is 297 g/mol. The summed E-state index contributed by atoms with van der Waals surface area (Å²) in [5.41, 5.74) is 0.797. The van der Waals surface area contributed by atoms with Crippen molar-refractivity contribution in [3.8, 4) is 0 Å². The maximum absolute atomic E-state index is 11.5. The lowest BCUT2D eigenvalue weighted by Gasteiger charge is -2.34. The summed E-state index contributed by atoms with van der Waals surface area (Å²) in [6, 6.07) is 0. The van der Waals surface area contributed by atoms with Gasteiger partial charge in [-0.3, -0.25) is 4.79 Å². The van der Waals surface area contributed by atoms with Crippen molar-refractivity contribution in [3.63, 3.8) is 0 Å². The smallest absolute Gasteiger partial charge is 0.230 e. The number of aromatic nitrogens is 2. The molecule has 0 atom stereocenters. The largest absolute Gasteiger partial charge is 0.354 e. The molecule has 0 spiro atoms. The summed E-state index contributed by atoms with van der Waals surface area (Å²) in [6.45, 7) is 1.98. The molecule has 9 heteroatoms. The Morgan fingerprint density at radius 2 is 1.90 bits per heavy atom. The molecule has 1 fully saturated rings. The van der Waals surface area contributed by atoms with Crippen LogP contribution in [-0.2, 0) is 21.2 Å². The van der Waals surface area contributed by atoms with Crippen LogP contribution < -0.4 is 10.2 Å². The van der Waals surface area contributed by atoms with E-state index in [0.29, 0.717) is 32.0 Å². The van der Waals surface area contributed by atoms with Crippen molar-refractivity contribution in [1.82, 2.24) is 14.3 Å². The first kappa shape index (κ1) is 13.3. The van der Waals surface area contributed by atoms with E-state index in [1.54, 1.807) is 0 Å². The fourth-order valence-electron chi connectivity index (χ4n) is 2.51. The fourth-order valence-corrected chi connectivity index (χ4v) is 3.34. The Morgan fingerprint density at radius 3 is 2.55 bits per heavy atom. The maximum Gasteiger partial charge on any atom is 0.230 e. The van der Waals surface area contributed by atoms with Gasteiger partial charge in [0.2, 0.25) is 15.9 Å². The van der Waals surface area contributed by atoms with E-state index in [9.17, 15) is 13.2 Å². The van der Waals surface area contributed by atoms with Crippen molar-refractivity contribution in [3.05, 3.63) is 11.9 Å². The highest BCUT2D eigenvalue weighted by Gasteiger charge is 2.29. The van der Waals surface area contributed by atoms with E-state index in [0.717, 1.165) is 11.4 Å². The number of amides is 1. The minimum absolute atomic E-state index is 0.0866. The van der Waals surface area contributed by atoms with Gasteiger partial charge < -0.3 is 10.2 Å². The minimum Gasteiger partial charge on any atom is -0.354 e. The first-order valence-electron chi connectivity index (χ1n) is 6.29. The number of piperazine rings is 1. The van der Waals surface area contributed by atoms with Gasteiger partial charge in [-0.2, -0.15) is 4.31 Å². The predicted octanol–water partition coefficient (Wildman–Crippen LogP) is -0.947. The molecule has 0 aliphatic carbocycles. The van der Waals surface area contributed by atoms with E-state index in [2.05, 4.69) is 15.3 Å². The number of carbonyl (C=O) groups excluding carboxylic acids is 1. The van der Waals surface area contributed by atoms with Crippen LogP contribution in [0.5, 0.6) is 0 Å². The Kier molecular flexibility index (Phi) is 3.09. The molecule has 1 N–H and O–H groups in total. The summed E-state index contributed by atoms with van der Waals surface area (Å²) >= 11 is 0. The lowest BCUT2D eigenvalue weighted by atomic mass is 10.2. The Labute approximate surface area is 116 Å². The summed E-state index contributed by atoms with van der Waals surface area (Å²) in [5, 5.41) is 2.69. The van der Waals surface area contributed by atoms with Crippen LogP contribution in [0.25, 0.3) is 0 Å². The van der Waals surface area contributed by atoms with Crippen LogP contribution in [-0.4, -0.2) is 61.0 Å². The SMILES string of the molecule is CS(=O)(=O)N1CCN(c2ncnc3c2CC(=O)N3)CC1. The molecule has 20 heavy (non-hydrogen) atoms. The standard InChI is InChI=1S/C11H15N5O3S/c1-20(18,19)16-4-2-15(3-5-16)11-8-6-9(17)14-10(8)12-7-13-11/h7H,2-6H2,1H3,(H,12,13,14,17). The number of rotatable bonds is 2. The molecule has 1 amide bonds. The zero-order valence-corrected chi connectivity index (χ0v) is 11.9. The van der Waals surface area contributed by atoms with E-state index in [1.807, 2.05) is 4.90 Å². The van der Waals surface area contributed by atoms with Crippen LogP contribution in [0.1, 0.15) is 5.56 Å². The number of hydrogen-bond donors (Lipinski definition) is 1. The molecule has 3 rings (SSSR count). The van der Waals surface area contributed by atoms with Crippen molar-refractivity contribution in [2.45, 2.75) is 6.42 Å². The van der Waals surface area contributed by atoms with Gasteiger partial charge in [0.15, 0.2) is 0 Å². The van der Waals surface area contributed by atoms with Crippen LogP contribution in [0, 0.1) is 0 Å². The van der Waals surface area contributed by atoms with Gasteiger partial charge in [-0.25, -0.2) is 18.4 Å². The molecule has 0 bridgehead atoms. The molecule has 0 unspecified atom stereocenters. The number of nitrogens with zero attached hydrogens (tertiary/aromatic N) is 4. The summed E-state index contributed by atoms with van der Waals surface area (Å²) < 4.78 is 24.4. The van der Waals surface area contributed by atoms with Crippen LogP contribution in [0.2, 0.25) is 0 Å². The Bertz CT molecular complexity index is 652. The minimum atomic E-state index is -3.14. The van der Waals surface area contributed by atoms with Crippen LogP contribution >= 0.6 is 0 Å². The number of anilines is 2. The molecule has 1 saturated heterocycles. The van der Waals surface area contributed by atoms with E-state index in [1.165, 1.54) is 16.9 Å². The van der Waals surface area contributed by atoms with Crippen LogP contribution in [0.4, 0.5) is 11.6 Å². The Balaban J connectivity index is 1.80. The predicted molar refractivity (Wildman–Crippen MR) is 73.0 cm³/mol. The molecule has 0 saturated carbocycles. The molecule has 0 aromatic carbocycles. The van der Waals surface area contributed by atoms with Gasteiger partial charge in [-0.15, -0.1) is 0 Å². The third-order valence-electron chi connectivity index (χ3n) is 3.52. The lowest BCUT2D eigenvalue weighted by molar-refractivity contribution is -0.115. The maximum atomic E-state index is 11.5. The Hall–Kier alpha value is -1.74.